The van der Waals surface area contributed by atoms with Crippen molar-refractivity contribution in [1.82, 2.24) is 5.32 Å². The summed E-state index contributed by atoms with van der Waals surface area (Å²) < 4.78 is 19.3. The second-order valence-corrected chi connectivity index (χ2v) is 5.70. The van der Waals surface area contributed by atoms with Gasteiger partial charge in [-0.05, 0) is 25.1 Å². The van der Waals surface area contributed by atoms with E-state index in [9.17, 15) is 4.39 Å². The average Bonchev–Trinajstić information content (AvgIpc) is 2.76. The lowest BCUT2D eigenvalue weighted by atomic mass is 10.1. The summed E-state index contributed by atoms with van der Waals surface area (Å²) >= 11 is 1.81. The van der Waals surface area contributed by atoms with Crippen LogP contribution in [0.15, 0.2) is 28.9 Å². The number of hydrogen-bond acceptors (Lipinski definition) is 3. The molecule has 17 heavy (non-hydrogen) atoms. The zero-order chi connectivity index (χ0) is 11.8. The smallest absolute Gasteiger partial charge is 0.134 e. The van der Waals surface area contributed by atoms with Crippen molar-refractivity contribution < 1.29 is 8.81 Å². The van der Waals surface area contributed by atoms with Crippen LogP contribution in [-0.2, 0) is 0 Å². The molecule has 0 aliphatic carbocycles. The fourth-order valence-corrected chi connectivity index (χ4v) is 3.34. The highest BCUT2D eigenvalue weighted by atomic mass is 32.2. The van der Waals surface area contributed by atoms with E-state index < -0.39 is 0 Å². The van der Waals surface area contributed by atoms with Crippen molar-refractivity contribution in [2.24, 2.45) is 0 Å². The third-order valence-electron chi connectivity index (χ3n) is 3.12. The predicted molar refractivity (Wildman–Crippen MR) is 68.8 cm³/mol. The van der Waals surface area contributed by atoms with E-state index in [0.717, 1.165) is 28.8 Å². The molecule has 0 radical (unpaired) electrons. The summed E-state index contributed by atoms with van der Waals surface area (Å²) in [6, 6.07) is 5.69. The molecule has 2 atom stereocenters. The summed E-state index contributed by atoms with van der Waals surface area (Å²) in [6.07, 6.45) is 1.60. The molecule has 90 valence electrons. The van der Waals surface area contributed by atoms with Gasteiger partial charge in [0, 0.05) is 34.5 Å². The molecular formula is C13H14FNOS. The van der Waals surface area contributed by atoms with Crippen LogP contribution in [0.1, 0.15) is 17.7 Å². The van der Waals surface area contributed by atoms with Crippen LogP contribution in [0.3, 0.4) is 0 Å². The molecular weight excluding hydrogens is 237 g/mol. The standard InChI is InChI=1S/C13H14FNOS/c1-8-7-17-13(6-15-8)10-5-12-9(2-3-16-12)4-11(10)14/h2-5,8,13,15H,6-7H2,1H3. The highest BCUT2D eigenvalue weighted by Gasteiger charge is 2.23. The van der Waals surface area contributed by atoms with Crippen molar-refractivity contribution in [3.8, 4) is 0 Å². The maximum absolute atomic E-state index is 14.0. The summed E-state index contributed by atoms with van der Waals surface area (Å²) in [7, 11) is 0. The van der Waals surface area contributed by atoms with Gasteiger partial charge in [0.1, 0.15) is 11.4 Å². The van der Waals surface area contributed by atoms with Crippen LogP contribution in [0.2, 0.25) is 0 Å². The Kier molecular flexibility index (Phi) is 2.84. The SMILES string of the molecule is CC1CSC(c2cc3occc3cc2F)CN1. The summed E-state index contributed by atoms with van der Waals surface area (Å²) in [4.78, 5) is 0. The van der Waals surface area contributed by atoms with Gasteiger partial charge in [-0.15, -0.1) is 0 Å². The number of halogens is 1. The topological polar surface area (TPSA) is 25.2 Å². The Balaban J connectivity index is 1.96. The van der Waals surface area contributed by atoms with Crippen molar-refractivity contribution in [2.45, 2.75) is 18.2 Å². The van der Waals surface area contributed by atoms with E-state index in [1.165, 1.54) is 0 Å². The highest BCUT2D eigenvalue weighted by Crippen LogP contribution is 2.35. The van der Waals surface area contributed by atoms with E-state index >= 15 is 0 Å². The zero-order valence-corrected chi connectivity index (χ0v) is 10.4. The van der Waals surface area contributed by atoms with Crippen molar-refractivity contribution in [1.29, 1.82) is 0 Å². The lowest BCUT2D eigenvalue weighted by molar-refractivity contribution is 0.551. The average molecular weight is 251 g/mol. The Morgan fingerprint density at radius 2 is 2.35 bits per heavy atom. The van der Waals surface area contributed by atoms with Crippen molar-refractivity contribution in [3.05, 3.63) is 35.8 Å². The Morgan fingerprint density at radius 3 is 3.12 bits per heavy atom. The second kappa shape index (κ2) is 4.35. The molecule has 0 bridgehead atoms. The third kappa shape index (κ3) is 2.07. The molecule has 2 unspecified atom stereocenters. The largest absolute Gasteiger partial charge is 0.464 e. The lowest BCUT2D eigenvalue weighted by Gasteiger charge is -2.27. The van der Waals surface area contributed by atoms with Crippen LogP contribution in [0.25, 0.3) is 11.0 Å². The number of furan rings is 1. The van der Waals surface area contributed by atoms with E-state index in [2.05, 4.69) is 12.2 Å². The van der Waals surface area contributed by atoms with Gasteiger partial charge in [0.25, 0.3) is 0 Å². The molecule has 2 aromatic rings. The molecule has 1 N–H and O–H groups in total. The van der Waals surface area contributed by atoms with Gasteiger partial charge in [-0.1, -0.05) is 0 Å². The van der Waals surface area contributed by atoms with Gasteiger partial charge in [0.2, 0.25) is 0 Å². The maximum Gasteiger partial charge on any atom is 0.134 e. The molecule has 4 heteroatoms. The van der Waals surface area contributed by atoms with E-state index in [1.807, 2.05) is 6.07 Å². The fraction of sp³-hybridized carbons (Fsp3) is 0.385. The quantitative estimate of drug-likeness (QED) is 0.841. The molecule has 0 spiro atoms. The van der Waals surface area contributed by atoms with E-state index in [-0.39, 0.29) is 11.1 Å². The van der Waals surface area contributed by atoms with E-state index in [1.54, 1.807) is 30.2 Å². The molecule has 1 aromatic heterocycles. The van der Waals surface area contributed by atoms with Crippen LogP contribution < -0.4 is 5.32 Å². The lowest BCUT2D eigenvalue weighted by Crippen LogP contribution is -2.36. The van der Waals surface area contributed by atoms with Gasteiger partial charge in [-0.25, -0.2) is 4.39 Å². The van der Waals surface area contributed by atoms with Gasteiger partial charge in [-0.2, -0.15) is 11.8 Å². The Morgan fingerprint density at radius 1 is 1.47 bits per heavy atom. The van der Waals surface area contributed by atoms with Crippen molar-refractivity contribution in [2.75, 3.05) is 12.3 Å². The first-order chi connectivity index (χ1) is 8.24. The molecule has 0 amide bonds. The third-order valence-corrected chi connectivity index (χ3v) is 4.63. The Hall–Kier alpha value is -1.00. The minimum atomic E-state index is -0.132. The number of rotatable bonds is 1. The van der Waals surface area contributed by atoms with Crippen LogP contribution in [0.5, 0.6) is 0 Å². The monoisotopic (exact) mass is 251 g/mol. The Labute approximate surface area is 104 Å². The van der Waals surface area contributed by atoms with E-state index in [4.69, 9.17) is 4.42 Å². The molecule has 1 fully saturated rings. The molecule has 1 aliphatic heterocycles. The number of fused-ring (bicyclic) bond motifs is 1. The summed E-state index contributed by atoms with van der Waals surface area (Å²) in [5.41, 5.74) is 1.51. The molecule has 2 nitrogen and oxygen atoms in total. The van der Waals surface area contributed by atoms with Crippen LogP contribution >= 0.6 is 11.8 Å². The van der Waals surface area contributed by atoms with Crippen LogP contribution in [0, 0.1) is 5.82 Å². The first-order valence-electron chi connectivity index (χ1n) is 5.75. The van der Waals surface area contributed by atoms with Crippen LogP contribution in [0.4, 0.5) is 4.39 Å². The van der Waals surface area contributed by atoms with E-state index in [0.29, 0.717) is 6.04 Å². The van der Waals surface area contributed by atoms with Crippen LogP contribution in [-0.4, -0.2) is 18.3 Å². The fourth-order valence-electron chi connectivity index (χ4n) is 2.13. The molecule has 1 aliphatic rings. The molecule has 2 heterocycles. The minimum absolute atomic E-state index is 0.132. The molecule has 3 rings (SSSR count). The predicted octanol–water partition coefficient (Wildman–Crippen LogP) is 3.34. The first-order valence-corrected chi connectivity index (χ1v) is 6.80. The molecule has 0 saturated carbocycles. The van der Waals surface area contributed by atoms with Gasteiger partial charge in [-0.3, -0.25) is 0 Å². The zero-order valence-electron chi connectivity index (χ0n) is 9.57. The van der Waals surface area contributed by atoms with Gasteiger partial charge < -0.3 is 9.73 Å². The highest BCUT2D eigenvalue weighted by molar-refractivity contribution is 7.99. The van der Waals surface area contributed by atoms with Gasteiger partial charge >= 0.3 is 0 Å². The molecule has 1 saturated heterocycles. The van der Waals surface area contributed by atoms with Gasteiger partial charge in [0.05, 0.1) is 6.26 Å². The Bertz CT molecular complexity index is 531. The first kappa shape index (κ1) is 11.1. The summed E-state index contributed by atoms with van der Waals surface area (Å²) in [5, 5.41) is 4.39. The number of thioether (sulfide) groups is 1. The van der Waals surface area contributed by atoms with Crippen molar-refractivity contribution in [3.63, 3.8) is 0 Å². The number of benzene rings is 1. The normalized spacial score (nSPS) is 25.3. The number of nitrogens with one attached hydrogen (secondary N) is 1. The van der Waals surface area contributed by atoms with Crippen molar-refractivity contribution >= 4 is 22.7 Å². The number of hydrogen-bond donors (Lipinski definition) is 1. The molecule has 1 aromatic carbocycles. The maximum atomic E-state index is 14.0. The minimum Gasteiger partial charge on any atom is -0.464 e. The summed E-state index contributed by atoms with van der Waals surface area (Å²) in [5.74, 6) is 0.882. The van der Waals surface area contributed by atoms with Gasteiger partial charge in [0.15, 0.2) is 0 Å². The summed E-state index contributed by atoms with van der Waals surface area (Å²) in [6.45, 7) is 2.96. The second-order valence-electron chi connectivity index (χ2n) is 4.46.